The lowest BCUT2D eigenvalue weighted by Crippen LogP contribution is -1.91. The molecular formula is C18H19OP. The average molecular weight is 282 g/mol. The van der Waals surface area contributed by atoms with Crippen molar-refractivity contribution in [1.82, 2.24) is 0 Å². The van der Waals surface area contributed by atoms with Gasteiger partial charge in [0, 0.05) is 0 Å². The Hall–Kier alpha value is -1.59. The van der Waals surface area contributed by atoms with Gasteiger partial charge >= 0.3 is 0 Å². The molecule has 0 saturated heterocycles. The summed E-state index contributed by atoms with van der Waals surface area (Å²) in [6.45, 7) is 4.15. The fourth-order valence-electron chi connectivity index (χ4n) is 2.70. The van der Waals surface area contributed by atoms with Crippen LogP contribution in [0.15, 0.2) is 60.7 Å². The Morgan fingerprint density at radius 3 is 1.40 bits per heavy atom. The topological polar surface area (TPSA) is 17.1 Å². The maximum atomic E-state index is 12.8. The van der Waals surface area contributed by atoms with Gasteiger partial charge in [0.1, 0.15) is 0 Å². The van der Waals surface area contributed by atoms with Crippen LogP contribution < -0.4 is 0 Å². The zero-order chi connectivity index (χ0) is 14.1. The van der Waals surface area contributed by atoms with Gasteiger partial charge in [-0.2, -0.15) is 0 Å². The van der Waals surface area contributed by atoms with E-state index in [0.29, 0.717) is 0 Å². The van der Waals surface area contributed by atoms with E-state index in [1.54, 1.807) is 0 Å². The van der Waals surface area contributed by atoms with Gasteiger partial charge in [-0.3, -0.25) is 0 Å². The van der Waals surface area contributed by atoms with Gasteiger partial charge in [-0.05, 0) is 25.0 Å². The normalized spacial score (nSPS) is 25.0. The first-order chi connectivity index (χ1) is 9.65. The summed E-state index contributed by atoms with van der Waals surface area (Å²) in [4.78, 5) is 0. The van der Waals surface area contributed by atoms with Crippen LogP contribution in [0, 0.1) is 13.8 Å². The van der Waals surface area contributed by atoms with Crippen LogP contribution in [-0.4, -0.2) is 0 Å². The zero-order valence-electron chi connectivity index (χ0n) is 11.8. The highest BCUT2D eigenvalue weighted by Gasteiger charge is 2.29. The summed E-state index contributed by atoms with van der Waals surface area (Å²) in [7, 11) is -1.72. The smallest absolute Gasteiger partial charge is 0.0976 e. The highest BCUT2D eigenvalue weighted by molar-refractivity contribution is 7.46. The summed E-state index contributed by atoms with van der Waals surface area (Å²) >= 11 is 0. The quantitative estimate of drug-likeness (QED) is 0.545. The number of hydrogen-bond acceptors (Lipinski definition) is 1. The summed E-state index contributed by atoms with van der Waals surface area (Å²) < 4.78 is 12.8. The van der Waals surface area contributed by atoms with Crippen LogP contribution in [0.25, 0.3) is 0 Å². The second kappa shape index (κ2) is 5.42. The molecule has 3 atom stereocenters. The lowest BCUT2D eigenvalue weighted by Gasteiger charge is -2.13. The van der Waals surface area contributed by atoms with Gasteiger partial charge in [-0.15, -0.1) is 0 Å². The van der Waals surface area contributed by atoms with E-state index in [4.69, 9.17) is 0 Å². The van der Waals surface area contributed by atoms with E-state index in [2.05, 4.69) is 74.5 Å². The Labute approximate surface area is 121 Å². The minimum Gasteiger partial charge on any atom is -0.325 e. The first-order valence-corrected chi connectivity index (χ1v) is 8.56. The van der Waals surface area contributed by atoms with Crippen LogP contribution in [0.3, 0.4) is 0 Å². The van der Waals surface area contributed by atoms with Crippen molar-refractivity contribution in [3.8, 4) is 0 Å². The molecule has 0 N–H and O–H groups in total. The molecule has 0 amide bonds. The van der Waals surface area contributed by atoms with Crippen molar-refractivity contribution in [2.24, 2.45) is 0 Å². The molecular weight excluding hydrogens is 263 g/mol. The Kier molecular flexibility index (Phi) is 3.63. The van der Waals surface area contributed by atoms with Crippen LogP contribution in [0.4, 0.5) is 0 Å². The van der Waals surface area contributed by atoms with Crippen LogP contribution >= 0.6 is 7.80 Å². The molecule has 2 aromatic carbocycles. The van der Waals surface area contributed by atoms with E-state index in [-0.39, 0.29) is 11.3 Å². The molecule has 1 heterocycles. The zero-order valence-corrected chi connectivity index (χ0v) is 12.8. The highest BCUT2D eigenvalue weighted by Crippen LogP contribution is 2.58. The van der Waals surface area contributed by atoms with Gasteiger partial charge in [-0.1, -0.05) is 71.8 Å². The predicted octanol–water partition coefficient (Wildman–Crippen LogP) is 5.22. The van der Waals surface area contributed by atoms with Crippen LogP contribution in [0.1, 0.15) is 33.6 Å². The molecule has 2 heteroatoms. The van der Waals surface area contributed by atoms with Gasteiger partial charge in [0.25, 0.3) is 0 Å². The minimum atomic E-state index is -1.72. The van der Waals surface area contributed by atoms with Gasteiger partial charge in [-0.25, -0.2) is 0 Å². The van der Waals surface area contributed by atoms with Gasteiger partial charge in [0.15, 0.2) is 0 Å². The maximum Gasteiger partial charge on any atom is 0.0976 e. The highest BCUT2D eigenvalue weighted by atomic mass is 31.1. The number of benzene rings is 2. The third-order valence-corrected chi connectivity index (χ3v) is 6.26. The molecule has 1 aliphatic rings. The molecule has 0 spiro atoms. The van der Waals surface area contributed by atoms with E-state index in [1.807, 2.05) is 0 Å². The summed E-state index contributed by atoms with van der Waals surface area (Å²) in [6.07, 6.45) is 4.24. The molecule has 0 bridgehead atoms. The van der Waals surface area contributed by atoms with Crippen molar-refractivity contribution >= 4 is 7.80 Å². The first-order valence-electron chi connectivity index (χ1n) is 7.00. The number of rotatable bonds is 2. The molecule has 2 aromatic rings. The maximum absolute atomic E-state index is 12.8. The van der Waals surface area contributed by atoms with Crippen molar-refractivity contribution < 1.29 is 4.57 Å². The summed E-state index contributed by atoms with van der Waals surface area (Å²) in [6, 6.07) is 16.8. The summed E-state index contributed by atoms with van der Waals surface area (Å²) in [5.74, 6) is 0. The fourth-order valence-corrected chi connectivity index (χ4v) is 4.73. The lowest BCUT2D eigenvalue weighted by atomic mass is 10.1. The Morgan fingerprint density at radius 1 is 0.700 bits per heavy atom. The molecule has 0 aromatic heterocycles. The standard InChI is InChI=1S/C18H19OP/c1-13-3-7-15(8-4-13)17-11-12-18(20(17)19)16-9-5-14(2)6-10-16/h3-12,17-18,20H,1-2H3/t17-,18+. The summed E-state index contributed by atoms with van der Waals surface area (Å²) in [5, 5.41) is 0. The molecule has 1 unspecified atom stereocenters. The first kappa shape index (κ1) is 13.4. The molecule has 20 heavy (non-hydrogen) atoms. The van der Waals surface area contributed by atoms with E-state index in [1.165, 1.54) is 22.3 Å². The van der Waals surface area contributed by atoms with E-state index >= 15 is 0 Å². The average Bonchev–Trinajstić information content (AvgIpc) is 2.83. The van der Waals surface area contributed by atoms with Crippen molar-refractivity contribution in [2.45, 2.75) is 25.2 Å². The predicted molar refractivity (Wildman–Crippen MR) is 86.0 cm³/mol. The fraction of sp³-hybridized carbons (Fsp3) is 0.222. The van der Waals surface area contributed by atoms with E-state index < -0.39 is 7.80 Å². The van der Waals surface area contributed by atoms with E-state index in [0.717, 1.165) is 0 Å². The number of aryl methyl sites for hydroxylation is 2. The van der Waals surface area contributed by atoms with Gasteiger partial charge in [0.2, 0.25) is 0 Å². The molecule has 102 valence electrons. The number of hydrogen-bond donors (Lipinski definition) is 0. The lowest BCUT2D eigenvalue weighted by molar-refractivity contribution is 0.583. The second-order valence-corrected chi connectivity index (χ2v) is 7.61. The largest absolute Gasteiger partial charge is 0.325 e. The summed E-state index contributed by atoms with van der Waals surface area (Å²) in [5.41, 5.74) is 5.01. The monoisotopic (exact) mass is 282 g/mol. The number of allylic oxidation sites excluding steroid dienone is 2. The van der Waals surface area contributed by atoms with Crippen LogP contribution in [-0.2, 0) is 4.57 Å². The molecule has 1 aliphatic heterocycles. The van der Waals surface area contributed by atoms with E-state index in [9.17, 15) is 4.57 Å². The molecule has 3 rings (SSSR count). The van der Waals surface area contributed by atoms with Crippen molar-refractivity contribution in [1.29, 1.82) is 0 Å². The SMILES string of the molecule is Cc1ccc([C@H]2C=C[C@@H](c3ccc(C)cc3)[PH]2=O)cc1. The van der Waals surface area contributed by atoms with Crippen molar-refractivity contribution in [3.05, 3.63) is 82.9 Å². The Balaban J connectivity index is 1.86. The van der Waals surface area contributed by atoms with Gasteiger partial charge in [0.05, 0.1) is 19.1 Å². The minimum absolute atomic E-state index is 0.0897. The molecule has 0 radical (unpaired) electrons. The Bertz CT molecular complexity index is 595. The van der Waals surface area contributed by atoms with Gasteiger partial charge < -0.3 is 4.57 Å². The van der Waals surface area contributed by atoms with Crippen molar-refractivity contribution in [3.63, 3.8) is 0 Å². The Morgan fingerprint density at radius 2 is 1.05 bits per heavy atom. The van der Waals surface area contributed by atoms with Crippen LogP contribution in [0.2, 0.25) is 0 Å². The molecule has 0 aliphatic carbocycles. The molecule has 1 nitrogen and oxygen atoms in total. The third kappa shape index (κ3) is 2.51. The molecule has 0 fully saturated rings. The third-order valence-electron chi connectivity index (χ3n) is 3.98. The van der Waals surface area contributed by atoms with Crippen molar-refractivity contribution in [2.75, 3.05) is 0 Å². The van der Waals surface area contributed by atoms with Crippen LogP contribution in [0.5, 0.6) is 0 Å². The molecule has 0 saturated carbocycles. The second-order valence-electron chi connectivity index (χ2n) is 5.56.